The van der Waals surface area contributed by atoms with Gasteiger partial charge in [-0.2, -0.15) is 0 Å². The van der Waals surface area contributed by atoms with Crippen LogP contribution in [0.15, 0.2) is 18.2 Å². The van der Waals surface area contributed by atoms with Crippen LogP contribution in [0.1, 0.15) is 55.2 Å². The van der Waals surface area contributed by atoms with Gasteiger partial charge in [0.25, 0.3) is 0 Å². The largest absolute Gasteiger partial charge is 0.330 e. The van der Waals surface area contributed by atoms with Crippen LogP contribution in [0.3, 0.4) is 0 Å². The quantitative estimate of drug-likeness (QED) is 0.796. The van der Waals surface area contributed by atoms with Gasteiger partial charge in [0.1, 0.15) is 0 Å². The Morgan fingerprint density at radius 2 is 1.72 bits per heavy atom. The van der Waals surface area contributed by atoms with Crippen molar-refractivity contribution >= 4 is 0 Å². The summed E-state index contributed by atoms with van der Waals surface area (Å²) < 4.78 is 0. The zero-order chi connectivity index (χ0) is 13.0. The first-order valence-electron chi connectivity index (χ1n) is 7.41. The summed E-state index contributed by atoms with van der Waals surface area (Å²) in [6, 6.07) is 6.82. The topological polar surface area (TPSA) is 26.0 Å². The van der Waals surface area contributed by atoms with E-state index in [-0.39, 0.29) is 0 Å². The van der Waals surface area contributed by atoms with Gasteiger partial charge in [-0.05, 0) is 56.2 Å². The Hall–Kier alpha value is -0.820. The predicted octanol–water partition coefficient (Wildman–Crippen LogP) is 4.15. The number of nitrogens with two attached hydrogens (primary N) is 1. The maximum absolute atomic E-state index is 6.14. The molecule has 18 heavy (non-hydrogen) atoms. The summed E-state index contributed by atoms with van der Waals surface area (Å²) >= 11 is 0. The lowest BCUT2D eigenvalue weighted by Gasteiger charge is -2.32. The maximum atomic E-state index is 6.14. The number of hydrogen-bond acceptors (Lipinski definition) is 1. The first kappa shape index (κ1) is 13.6. The van der Waals surface area contributed by atoms with E-state index in [0.29, 0.717) is 5.41 Å². The van der Waals surface area contributed by atoms with Gasteiger partial charge < -0.3 is 5.73 Å². The van der Waals surface area contributed by atoms with Crippen LogP contribution in [-0.2, 0) is 6.42 Å². The molecule has 2 rings (SSSR count). The van der Waals surface area contributed by atoms with Crippen LogP contribution in [-0.4, -0.2) is 6.54 Å². The summed E-state index contributed by atoms with van der Waals surface area (Å²) in [5.74, 6) is 0. The van der Waals surface area contributed by atoms with Crippen LogP contribution in [0.25, 0.3) is 0 Å². The van der Waals surface area contributed by atoms with E-state index in [9.17, 15) is 0 Å². The molecule has 1 saturated carbocycles. The van der Waals surface area contributed by atoms with Crippen LogP contribution in [0.4, 0.5) is 0 Å². The fourth-order valence-electron chi connectivity index (χ4n) is 3.33. The Balaban J connectivity index is 2.20. The third-order valence-corrected chi connectivity index (χ3v) is 4.67. The van der Waals surface area contributed by atoms with E-state index in [4.69, 9.17) is 5.73 Å². The first-order valence-corrected chi connectivity index (χ1v) is 7.41. The first-order chi connectivity index (χ1) is 8.65. The highest BCUT2D eigenvalue weighted by molar-refractivity contribution is 5.31. The molecule has 1 heteroatoms. The highest BCUT2D eigenvalue weighted by Gasteiger charge is 2.30. The average molecular weight is 245 g/mol. The number of benzene rings is 1. The molecule has 0 radical (unpaired) electrons. The molecule has 0 heterocycles. The van der Waals surface area contributed by atoms with Crippen molar-refractivity contribution in [3.05, 3.63) is 34.9 Å². The molecule has 100 valence electrons. The smallest absolute Gasteiger partial charge is 0.00173 e. The fraction of sp³-hybridized carbons (Fsp3) is 0.647. The van der Waals surface area contributed by atoms with Crippen molar-refractivity contribution in [2.45, 2.75) is 58.8 Å². The SMILES string of the molecule is Cc1ccc(C)c(CC2(CN)CCCCCC2)c1. The van der Waals surface area contributed by atoms with Crippen molar-refractivity contribution in [1.29, 1.82) is 0 Å². The summed E-state index contributed by atoms with van der Waals surface area (Å²) in [7, 11) is 0. The van der Waals surface area contributed by atoms with Gasteiger partial charge in [0.15, 0.2) is 0 Å². The fourth-order valence-corrected chi connectivity index (χ4v) is 3.33. The van der Waals surface area contributed by atoms with Gasteiger partial charge in [0.2, 0.25) is 0 Å². The second-order valence-electron chi connectivity index (χ2n) is 6.23. The van der Waals surface area contributed by atoms with Crippen molar-refractivity contribution in [2.75, 3.05) is 6.54 Å². The van der Waals surface area contributed by atoms with E-state index in [1.54, 1.807) is 0 Å². The van der Waals surface area contributed by atoms with Gasteiger partial charge >= 0.3 is 0 Å². The summed E-state index contributed by atoms with van der Waals surface area (Å²) in [5, 5.41) is 0. The van der Waals surface area contributed by atoms with Crippen LogP contribution in [0.2, 0.25) is 0 Å². The third kappa shape index (κ3) is 3.14. The van der Waals surface area contributed by atoms with Crippen LogP contribution in [0, 0.1) is 19.3 Å². The highest BCUT2D eigenvalue weighted by Crippen LogP contribution is 2.37. The molecular formula is C17H27N. The summed E-state index contributed by atoms with van der Waals surface area (Å²) in [4.78, 5) is 0. The minimum Gasteiger partial charge on any atom is -0.330 e. The molecule has 0 saturated heterocycles. The molecule has 1 aromatic rings. The Kier molecular flexibility index (Phi) is 4.45. The summed E-state index contributed by atoms with van der Waals surface area (Å²) in [6.45, 7) is 5.27. The molecule has 0 bridgehead atoms. The van der Waals surface area contributed by atoms with E-state index in [2.05, 4.69) is 32.0 Å². The summed E-state index contributed by atoms with van der Waals surface area (Å²) in [5.41, 5.74) is 10.8. The van der Waals surface area contributed by atoms with Gasteiger partial charge in [0, 0.05) is 0 Å². The van der Waals surface area contributed by atoms with E-state index in [0.717, 1.165) is 6.54 Å². The Bertz CT molecular complexity index is 387. The molecule has 1 nitrogen and oxygen atoms in total. The Morgan fingerprint density at radius 3 is 2.33 bits per heavy atom. The second-order valence-corrected chi connectivity index (χ2v) is 6.23. The lowest BCUT2D eigenvalue weighted by molar-refractivity contribution is 0.252. The van der Waals surface area contributed by atoms with Crippen molar-refractivity contribution in [1.82, 2.24) is 0 Å². The molecule has 0 aliphatic heterocycles. The van der Waals surface area contributed by atoms with Gasteiger partial charge in [-0.1, -0.05) is 49.4 Å². The molecule has 1 aliphatic rings. The Morgan fingerprint density at radius 1 is 1.06 bits per heavy atom. The van der Waals surface area contributed by atoms with Crippen LogP contribution in [0.5, 0.6) is 0 Å². The molecule has 1 aromatic carbocycles. The maximum Gasteiger partial charge on any atom is -0.00173 e. The third-order valence-electron chi connectivity index (χ3n) is 4.67. The molecule has 1 fully saturated rings. The highest BCUT2D eigenvalue weighted by atomic mass is 14.6. The Labute approximate surface area is 112 Å². The summed E-state index contributed by atoms with van der Waals surface area (Å²) in [6.07, 6.45) is 9.33. The zero-order valence-corrected chi connectivity index (χ0v) is 12.0. The molecular weight excluding hydrogens is 218 g/mol. The van der Waals surface area contributed by atoms with Gasteiger partial charge in [-0.3, -0.25) is 0 Å². The van der Waals surface area contributed by atoms with Crippen molar-refractivity contribution in [3.63, 3.8) is 0 Å². The number of rotatable bonds is 3. The second kappa shape index (κ2) is 5.88. The van der Waals surface area contributed by atoms with Crippen molar-refractivity contribution in [2.24, 2.45) is 11.1 Å². The lowest BCUT2D eigenvalue weighted by Crippen LogP contribution is -2.32. The minimum absolute atomic E-state index is 0.370. The van der Waals surface area contributed by atoms with Crippen molar-refractivity contribution < 1.29 is 0 Å². The lowest BCUT2D eigenvalue weighted by atomic mass is 9.74. The average Bonchev–Trinajstić information content (AvgIpc) is 2.60. The molecule has 0 aromatic heterocycles. The van der Waals surface area contributed by atoms with Gasteiger partial charge in [0.05, 0.1) is 0 Å². The normalized spacial score (nSPS) is 19.5. The van der Waals surface area contributed by atoms with E-state index in [1.165, 1.54) is 61.6 Å². The van der Waals surface area contributed by atoms with E-state index >= 15 is 0 Å². The van der Waals surface area contributed by atoms with Gasteiger partial charge in [-0.25, -0.2) is 0 Å². The minimum atomic E-state index is 0.370. The molecule has 0 amide bonds. The molecule has 0 atom stereocenters. The van der Waals surface area contributed by atoms with Crippen molar-refractivity contribution in [3.8, 4) is 0 Å². The number of aryl methyl sites for hydroxylation is 2. The van der Waals surface area contributed by atoms with Gasteiger partial charge in [-0.15, -0.1) is 0 Å². The zero-order valence-electron chi connectivity index (χ0n) is 12.0. The molecule has 0 spiro atoms. The monoisotopic (exact) mass is 245 g/mol. The standard InChI is InChI=1S/C17H27N/c1-14-7-8-15(2)16(11-14)12-17(13-18)9-5-3-4-6-10-17/h7-8,11H,3-6,9-10,12-13,18H2,1-2H3. The molecule has 1 aliphatic carbocycles. The van der Waals surface area contributed by atoms with E-state index in [1.807, 2.05) is 0 Å². The van der Waals surface area contributed by atoms with Crippen LogP contribution >= 0.6 is 0 Å². The predicted molar refractivity (Wildman–Crippen MR) is 78.8 cm³/mol. The van der Waals surface area contributed by atoms with E-state index < -0.39 is 0 Å². The number of hydrogen-bond donors (Lipinski definition) is 1. The van der Waals surface area contributed by atoms with Crippen LogP contribution < -0.4 is 5.73 Å². The molecule has 0 unspecified atom stereocenters. The molecule has 2 N–H and O–H groups in total.